The van der Waals surface area contributed by atoms with Crippen LogP contribution in [0.5, 0.6) is 0 Å². The molecule has 0 fully saturated rings. The fourth-order valence-corrected chi connectivity index (χ4v) is 2.46. The highest BCUT2D eigenvalue weighted by molar-refractivity contribution is 5.76. The minimum atomic E-state index is -0.706. The highest BCUT2D eigenvalue weighted by Crippen LogP contribution is 2.21. The Morgan fingerprint density at radius 1 is 0.600 bits per heavy atom. The van der Waals surface area contributed by atoms with Gasteiger partial charge in [0, 0.05) is 0 Å². The van der Waals surface area contributed by atoms with Crippen LogP contribution in [0, 0.1) is 22.7 Å². The van der Waals surface area contributed by atoms with E-state index in [1.807, 2.05) is 62.3 Å². The molecule has 9 nitrogen and oxygen atoms in total. The number of rotatable bonds is 12. The highest BCUT2D eigenvalue weighted by atomic mass is 16.5. The van der Waals surface area contributed by atoms with E-state index in [2.05, 4.69) is 53.7 Å². The molecule has 0 aliphatic carbocycles. The summed E-state index contributed by atoms with van der Waals surface area (Å²) < 4.78 is 13.8. The lowest BCUT2D eigenvalue weighted by atomic mass is 9.91. The van der Waals surface area contributed by atoms with Crippen LogP contribution in [0.3, 0.4) is 0 Å². The Bertz CT molecular complexity index is 898. The molecule has 0 aromatic heterocycles. The fraction of sp³-hybridized carbons (Fsp3) is 0.783. The second kappa shape index (κ2) is 55.4. The van der Waals surface area contributed by atoms with Crippen molar-refractivity contribution in [2.75, 3.05) is 27.4 Å². The Balaban J connectivity index is -0.0000000307. The molecular formula is C46H106O9. The zero-order valence-corrected chi connectivity index (χ0v) is 30.8. The van der Waals surface area contributed by atoms with E-state index in [4.69, 9.17) is 14.9 Å². The first-order chi connectivity index (χ1) is 20.8. The lowest BCUT2D eigenvalue weighted by Crippen LogP contribution is -2.26. The molecule has 344 valence electrons. The first-order valence-electron chi connectivity index (χ1n) is 16.1. The standard InChI is InChI=1S/C10H14.C8H16O3.C7H14O2.C6H12O2.C5H10O2.10CH4/c1-3-9(2)10-7-5-4-6-8-10;1-4-8(2,3)7(10)11-6-5-9;1-5-7(2,3)6(8)9-4;1-4-5(2)6(7)8-3;1-3-4(2)5(6)7;;;;;;;;;;/h4-9H,3H2,1-2H3;9H,4-6H2,1-3H3;5H2,1-4H3;5H,4H2,1-3H3;4H,3H2,1-2H3,(H,6,7);10*1H4. The van der Waals surface area contributed by atoms with Crippen molar-refractivity contribution < 1.29 is 43.6 Å². The number of hydrogen-bond acceptors (Lipinski definition) is 8. The number of benzene rings is 1. The Morgan fingerprint density at radius 3 is 1.16 bits per heavy atom. The quantitative estimate of drug-likeness (QED) is 0.156. The van der Waals surface area contributed by atoms with Crippen molar-refractivity contribution in [2.24, 2.45) is 22.7 Å². The summed E-state index contributed by atoms with van der Waals surface area (Å²) in [5.74, 6) is -0.616. The summed E-state index contributed by atoms with van der Waals surface area (Å²) in [7, 11) is 2.83. The van der Waals surface area contributed by atoms with Gasteiger partial charge in [-0.3, -0.25) is 19.2 Å². The first kappa shape index (κ1) is 93.7. The number of carbonyl (C=O) groups excluding carboxylic acids is 3. The lowest BCUT2D eigenvalue weighted by Gasteiger charge is -2.19. The van der Waals surface area contributed by atoms with Crippen molar-refractivity contribution in [3.8, 4) is 0 Å². The smallest absolute Gasteiger partial charge is 0.311 e. The molecule has 9 heteroatoms. The number of ether oxygens (including phenoxy) is 3. The van der Waals surface area contributed by atoms with Crippen molar-refractivity contribution in [2.45, 2.75) is 195 Å². The average molecular weight is 803 g/mol. The number of carboxylic acids is 1. The molecule has 0 bridgehead atoms. The van der Waals surface area contributed by atoms with Crippen LogP contribution in [0.4, 0.5) is 0 Å². The number of aliphatic hydroxyl groups excluding tert-OH is 1. The Morgan fingerprint density at radius 2 is 0.964 bits per heavy atom. The van der Waals surface area contributed by atoms with Gasteiger partial charge in [-0.15, -0.1) is 0 Å². The third kappa shape index (κ3) is 51.1. The molecule has 0 saturated heterocycles. The molecule has 3 unspecified atom stereocenters. The van der Waals surface area contributed by atoms with Crippen LogP contribution < -0.4 is 0 Å². The monoisotopic (exact) mass is 803 g/mol. The molecule has 1 aromatic rings. The predicted molar refractivity (Wildman–Crippen MR) is 249 cm³/mol. The number of carboxylic acid groups (broad SMARTS) is 1. The van der Waals surface area contributed by atoms with Crippen molar-refractivity contribution in [3.63, 3.8) is 0 Å². The van der Waals surface area contributed by atoms with Gasteiger partial charge in [0.25, 0.3) is 0 Å². The van der Waals surface area contributed by atoms with Crippen LogP contribution in [0.15, 0.2) is 30.3 Å². The minimum Gasteiger partial charge on any atom is -0.481 e. The molecular weight excluding hydrogens is 696 g/mol. The molecule has 0 aliphatic heterocycles. The maximum absolute atomic E-state index is 11.1. The third-order valence-corrected chi connectivity index (χ3v) is 7.61. The third-order valence-electron chi connectivity index (χ3n) is 7.61. The van der Waals surface area contributed by atoms with E-state index < -0.39 is 11.4 Å². The summed E-state index contributed by atoms with van der Waals surface area (Å²) in [4.78, 5) is 42.4. The molecule has 0 radical (unpaired) electrons. The summed E-state index contributed by atoms with van der Waals surface area (Å²) in [5, 5.41) is 16.6. The zero-order valence-electron chi connectivity index (χ0n) is 30.8. The number of esters is 3. The number of carbonyl (C=O) groups is 4. The van der Waals surface area contributed by atoms with E-state index in [0.717, 1.165) is 25.7 Å². The van der Waals surface area contributed by atoms with Crippen molar-refractivity contribution >= 4 is 23.9 Å². The van der Waals surface area contributed by atoms with Gasteiger partial charge >= 0.3 is 23.9 Å². The fourth-order valence-electron chi connectivity index (χ4n) is 2.46. The Labute approximate surface area is 348 Å². The normalized spacial score (nSPS) is 10.0. The topological polar surface area (TPSA) is 136 Å². The molecule has 0 aliphatic rings. The molecule has 1 aromatic carbocycles. The van der Waals surface area contributed by atoms with Crippen LogP contribution >= 0.6 is 0 Å². The van der Waals surface area contributed by atoms with Gasteiger partial charge in [-0.25, -0.2) is 0 Å². The van der Waals surface area contributed by atoms with Gasteiger partial charge in [-0.1, -0.05) is 160 Å². The number of hydrogen-bond donors (Lipinski definition) is 2. The summed E-state index contributed by atoms with van der Waals surface area (Å²) >= 11 is 0. The number of aliphatic hydroxyl groups is 1. The zero-order chi connectivity index (χ0) is 36.2. The Kier molecular flexibility index (Phi) is 94.4. The Hall–Kier alpha value is -2.94. The van der Waals surface area contributed by atoms with E-state index in [-0.39, 0.29) is 123 Å². The van der Waals surface area contributed by atoms with Gasteiger partial charge in [0.2, 0.25) is 0 Å². The van der Waals surface area contributed by atoms with E-state index in [9.17, 15) is 19.2 Å². The van der Waals surface area contributed by atoms with Crippen LogP contribution in [-0.2, 0) is 33.4 Å². The van der Waals surface area contributed by atoms with E-state index >= 15 is 0 Å². The van der Waals surface area contributed by atoms with Crippen molar-refractivity contribution in [1.82, 2.24) is 0 Å². The van der Waals surface area contributed by atoms with Gasteiger partial charge in [0.05, 0.1) is 43.5 Å². The molecule has 1 rings (SSSR count). The molecule has 0 saturated carbocycles. The maximum Gasteiger partial charge on any atom is 0.311 e. The van der Waals surface area contributed by atoms with Crippen molar-refractivity contribution in [3.05, 3.63) is 35.9 Å². The van der Waals surface area contributed by atoms with Crippen LogP contribution in [0.25, 0.3) is 0 Å². The van der Waals surface area contributed by atoms with E-state index in [1.165, 1.54) is 26.2 Å². The molecule has 0 heterocycles. The van der Waals surface area contributed by atoms with E-state index in [1.54, 1.807) is 6.92 Å². The van der Waals surface area contributed by atoms with Crippen LogP contribution in [-0.4, -0.2) is 61.5 Å². The summed E-state index contributed by atoms with van der Waals surface area (Å²) in [6.07, 6.45) is 4.36. The molecule has 2 N–H and O–H groups in total. The molecule has 0 amide bonds. The molecule has 55 heavy (non-hydrogen) atoms. The largest absolute Gasteiger partial charge is 0.481 e. The van der Waals surface area contributed by atoms with Gasteiger partial charge in [0.15, 0.2) is 0 Å². The SMILES string of the molecule is C.C.C.C.C.C.C.C.C.C.CCC(C)(C)C(=O)OC.CCC(C)(C)C(=O)OCCO.CCC(C)C(=O)O.CCC(C)C(=O)OC.CCC(C)c1ccccc1. The van der Waals surface area contributed by atoms with Crippen LogP contribution in [0.1, 0.15) is 201 Å². The summed E-state index contributed by atoms with van der Waals surface area (Å²) in [6, 6.07) is 10.6. The highest BCUT2D eigenvalue weighted by Gasteiger charge is 2.27. The lowest BCUT2D eigenvalue weighted by molar-refractivity contribution is -0.155. The van der Waals surface area contributed by atoms with Crippen LogP contribution in [0.2, 0.25) is 0 Å². The summed E-state index contributed by atoms with van der Waals surface area (Å²) in [5.41, 5.74) is 0.717. The second-order valence-electron chi connectivity index (χ2n) is 12.0. The minimum absolute atomic E-state index is 0. The average Bonchev–Trinajstić information content (AvgIpc) is 3.06. The molecule has 0 spiro atoms. The molecule has 3 atom stereocenters. The first-order valence-corrected chi connectivity index (χ1v) is 16.1. The van der Waals surface area contributed by atoms with Gasteiger partial charge < -0.3 is 24.4 Å². The number of methoxy groups -OCH3 is 2. The van der Waals surface area contributed by atoms with Crippen molar-refractivity contribution in [1.29, 1.82) is 0 Å². The van der Waals surface area contributed by atoms with E-state index in [0.29, 0.717) is 5.92 Å². The summed E-state index contributed by atoms with van der Waals surface area (Å²) in [6.45, 7) is 23.1. The second-order valence-corrected chi connectivity index (χ2v) is 12.0. The number of aliphatic carboxylic acids is 1. The predicted octanol–water partition coefficient (Wildman–Crippen LogP) is 14.4. The van der Waals surface area contributed by atoms with Gasteiger partial charge in [0.1, 0.15) is 6.61 Å². The van der Waals surface area contributed by atoms with Gasteiger partial charge in [-0.2, -0.15) is 0 Å². The maximum atomic E-state index is 11.1. The van der Waals surface area contributed by atoms with Gasteiger partial charge in [-0.05, 0) is 71.3 Å².